The monoisotopic (exact) mass is 450 g/mol. The minimum Gasteiger partial charge on any atom is -0.378 e. The summed E-state index contributed by atoms with van der Waals surface area (Å²) in [6.45, 7) is 3.07. The minimum atomic E-state index is -0.501. The molecule has 1 saturated heterocycles. The largest absolute Gasteiger partial charge is 0.378 e. The quantitative estimate of drug-likeness (QED) is 0.706. The van der Waals surface area contributed by atoms with Gasteiger partial charge in [0.05, 0.1) is 30.7 Å². The number of pyridine rings is 1. The van der Waals surface area contributed by atoms with Crippen molar-refractivity contribution in [2.24, 2.45) is 0 Å². The van der Waals surface area contributed by atoms with E-state index in [9.17, 15) is 14.0 Å². The number of amides is 2. The third-order valence-electron chi connectivity index (χ3n) is 4.18. The summed E-state index contributed by atoms with van der Waals surface area (Å²) in [6.07, 6.45) is 1.69. The molecule has 1 aliphatic rings. The van der Waals surface area contributed by atoms with Crippen LogP contribution in [-0.4, -0.2) is 49.6 Å². The van der Waals surface area contributed by atoms with E-state index in [1.165, 1.54) is 12.1 Å². The van der Waals surface area contributed by atoms with E-state index in [0.717, 1.165) is 25.0 Å². The fourth-order valence-electron chi connectivity index (χ4n) is 2.72. The predicted molar refractivity (Wildman–Crippen MR) is 107 cm³/mol. The topological polar surface area (TPSA) is 83.6 Å². The van der Waals surface area contributed by atoms with Gasteiger partial charge in [0.1, 0.15) is 11.6 Å². The second-order valence-corrected chi connectivity index (χ2v) is 7.04. The van der Waals surface area contributed by atoms with Gasteiger partial charge in [-0.05, 0) is 46.3 Å². The smallest absolute Gasteiger partial charge is 0.252 e. The van der Waals surface area contributed by atoms with Crippen LogP contribution < -0.4 is 15.5 Å². The Labute approximate surface area is 170 Å². The molecular formula is C19H20BrFN4O3. The summed E-state index contributed by atoms with van der Waals surface area (Å²) in [5, 5.41) is 5.35. The van der Waals surface area contributed by atoms with Gasteiger partial charge in [-0.1, -0.05) is 0 Å². The molecule has 1 aliphatic heterocycles. The van der Waals surface area contributed by atoms with Crippen LogP contribution >= 0.6 is 15.9 Å². The lowest BCUT2D eigenvalue weighted by atomic mass is 10.2. The van der Waals surface area contributed by atoms with Crippen LogP contribution in [0, 0.1) is 5.82 Å². The van der Waals surface area contributed by atoms with Crippen molar-refractivity contribution in [3.05, 3.63) is 52.4 Å². The van der Waals surface area contributed by atoms with Crippen molar-refractivity contribution < 1.29 is 18.7 Å². The fraction of sp³-hybridized carbons (Fsp3) is 0.316. The molecule has 0 unspecified atom stereocenters. The zero-order valence-corrected chi connectivity index (χ0v) is 16.7. The Morgan fingerprint density at radius 3 is 2.71 bits per heavy atom. The maximum Gasteiger partial charge on any atom is 0.252 e. The number of nitrogens with one attached hydrogen (secondary N) is 2. The molecule has 0 aliphatic carbocycles. The number of nitrogens with zero attached hydrogens (tertiary/aromatic N) is 2. The van der Waals surface area contributed by atoms with Crippen LogP contribution in [0.1, 0.15) is 16.8 Å². The highest BCUT2D eigenvalue weighted by molar-refractivity contribution is 9.10. The van der Waals surface area contributed by atoms with E-state index in [-0.39, 0.29) is 24.4 Å². The number of carbonyl (C=O) groups excluding carboxylic acids is 2. The normalized spacial score (nSPS) is 13.9. The van der Waals surface area contributed by atoms with Crippen LogP contribution in [0.25, 0.3) is 0 Å². The van der Waals surface area contributed by atoms with Crippen LogP contribution in [0.3, 0.4) is 0 Å². The number of morpholine rings is 1. The number of rotatable bonds is 6. The van der Waals surface area contributed by atoms with Gasteiger partial charge < -0.3 is 20.3 Å². The highest BCUT2D eigenvalue weighted by Gasteiger charge is 2.13. The molecule has 2 heterocycles. The van der Waals surface area contributed by atoms with Gasteiger partial charge in [-0.2, -0.15) is 0 Å². The maximum absolute atomic E-state index is 13.3. The molecule has 2 N–H and O–H groups in total. The summed E-state index contributed by atoms with van der Waals surface area (Å²) in [4.78, 5) is 30.6. The average molecular weight is 451 g/mol. The second kappa shape index (κ2) is 9.61. The van der Waals surface area contributed by atoms with Crippen molar-refractivity contribution in [3.8, 4) is 0 Å². The van der Waals surface area contributed by atoms with Gasteiger partial charge in [0, 0.05) is 30.5 Å². The molecular weight excluding hydrogens is 431 g/mol. The molecule has 1 fully saturated rings. The number of anilines is 2. The van der Waals surface area contributed by atoms with Crippen LogP contribution in [0.15, 0.2) is 41.0 Å². The lowest BCUT2D eigenvalue weighted by molar-refractivity contribution is -0.116. The first-order chi connectivity index (χ1) is 13.5. The third kappa shape index (κ3) is 5.49. The Morgan fingerprint density at radius 1 is 1.21 bits per heavy atom. The standard InChI is InChI=1S/C19H20BrFN4O3/c20-16-3-1-13(21)11-15(16)19(27)22-6-5-18(26)24-14-2-4-17(23-12-14)25-7-9-28-10-8-25/h1-4,11-12H,5-10H2,(H,22,27)(H,24,26). The first-order valence-corrected chi connectivity index (χ1v) is 9.64. The molecule has 0 saturated carbocycles. The van der Waals surface area contributed by atoms with Gasteiger partial charge in [-0.25, -0.2) is 9.37 Å². The number of hydrogen-bond acceptors (Lipinski definition) is 5. The van der Waals surface area contributed by atoms with Gasteiger partial charge in [-0.3, -0.25) is 9.59 Å². The third-order valence-corrected chi connectivity index (χ3v) is 4.87. The van der Waals surface area contributed by atoms with E-state index in [1.54, 1.807) is 12.3 Å². The number of carbonyl (C=O) groups is 2. The molecule has 0 atom stereocenters. The van der Waals surface area contributed by atoms with Crippen molar-refractivity contribution >= 4 is 39.2 Å². The number of aromatic nitrogens is 1. The Kier molecular flexibility index (Phi) is 6.94. The van der Waals surface area contributed by atoms with Gasteiger partial charge in [0.15, 0.2) is 0 Å². The van der Waals surface area contributed by atoms with E-state index in [4.69, 9.17) is 4.74 Å². The molecule has 0 radical (unpaired) electrons. The highest BCUT2D eigenvalue weighted by atomic mass is 79.9. The molecule has 9 heteroatoms. The highest BCUT2D eigenvalue weighted by Crippen LogP contribution is 2.18. The van der Waals surface area contributed by atoms with Crippen molar-refractivity contribution in [3.63, 3.8) is 0 Å². The van der Waals surface area contributed by atoms with Gasteiger partial charge in [-0.15, -0.1) is 0 Å². The second-order valence-electron chi connectivity index (χ2n) is 6.18. The Bertz CT molecular complexity index is 842. The van der Waals surface area contributed by atoms with Crippen molar-refractivity contribution in [1.29, 1.82) is 0 Å². The molecule has 1 aromatic heterocycles. The van der Waals surface area contributed by atoms with Crippen molar-refractivity contribution in [1.82, 2.24) is 10.3 Å². The summed E-state index contributed by atoms with van der Waals surface area (Å²) in [5.41, 5.74) is 0.768. The van der Waals surface area contributed by atoms with E-state index in [1.807, 2.05) is 6.07 Å². The van der Waals surface area contributed by atoms with Crippen molar-refractivity contribution in [2.75, 3.05) is 43.1 Å². The average Bonchev–Trinajstić information content (AvgIpc) is 2.71. The van der Waals surface area contributed by atoms with Crippen LogP contribution in [0.2, 0.25) is 0 Å². The molecule has 28 heavy (non-hydrogen) atoms. The van der Waals surface area contributed by atoms with Crippen LogP contribution in [0.5, 0.6) is 0 Å². The Hall–Kier alpha value is -2.52. The van der Waals surface area contributed by atoms with E-state index < -0.39 is 11.7 Å². The summed E-state index contributed by atoms with van der Waals surface area (Å²) >= 11 is 3.21. The van der Waals surface area contributed by atoms with Gasteiger partial charge in [0.2, 0.25) is 5.91 Å². The number of ether oxygens (including phenoxy) is 1. The predicted octanol–water partition coefficient (Wildman–Crippen LogP) is 2.58. The molecule has 3 rings (SSSR count). The molecule has 7 nitrogen and oxygen atoms in total. The Balaban J connectivity index is 1.45. The molecule has 2 aromatic rings. The Morgan fingerprint density at radius 2 is 2.00 bits per heavy atom. The van der Waals surface area contributed by atoms with E-state index in [2.05, 4.69) is 36.4 Å². The van der Waals surface area contributed by atoms with Crippen molar-refractivity contribution in [2.45, 2.75) is 6.42 Å². The van der Waals surface area contributed by atoms with Crippen LogP contribution in [0.4, 0.5) is 15.9 Å². The fourth-order valence-corrected chi connectivity index (χ4v) is 3.15. The number of benzene rings is 1. The lowest BCUT2D eigenvalue weighted by Gasteiger charge is -2.27. The van der Waals surface area contributed by atoms with E-state index in [0.29, 0.717) is 23.4 Å². The summed E-state index contributed by atoms with van der Waals surface area (Å²) in [5.74, 6) is -0.358. The molecule has 0 spiro atoms. The SMILES string of the molecule is O=C(CCNC(=O)c1cc(F)ccc1Br)Nc1ccc(N2CCOCC2)nc1. The molecule has 1 aromatic carbocycles. The summed E-state index contributed by atoms with van der Waals surface area (Å²) < 4.78 is 19.1. The zero-order valence-electron chi connectivity index (χ0n) is 15.1. The molecule has 2 amide bonds. The summed E-state index contributed by atoms with van der Waals surface area (Å²) in [7, 11) is 0. The van der Waals surface area contributed by atoms with Crippen LogP contribution in [-0.2, 0) is 9.53 Å². The van der Waals surface area contributed by atoms with Gasteiger partial charge >= 0.3 is 0 Å². The minimum absolute atomic E-state index is 0.0872. The van der Waals surface area contributed by atoms with E-state index >= 15 is 0 Å². The first-order valence-electron chi connectivity index (χ1n) is 8.85. The lowest BCUT2D eigenvalue weighted by Crippen LogP contribution is -2.36. The molecule has 0 bridgehead atoms. The summed E-state index contributed by atoms with van der Waals surface area (Å²) in [6, 6.07) is 7.50. The number of halogens is 2. The van der Waals surface area contributed by atoms with Gasteiger partial charge in [0.25, 0.3) is 5.91 Å². The molecule has 148 valence electrons. The maximum atomic E-state index is 13.3. The number of hydrogen-bond donors (Lipinski definition) is 2. The first kappa shape index (κ1) is 20.2. The zero-order chi connectivity index (χ0) is 19.9.